The fourth-order valence-corrected chi connectivity index (χ4v) is 3.02. The van der Waals surface area contributed by atoms with Crippen LogP contribution in [0, 0.1) is 6.92 Å². The highest BCUT2D eigenvalue weighted by molar-refractivity contribution is 5.68. The number of rotatable bonds is 1. The lowest BCUT2D eigenvalue weighted by molar-refractivity contribution is 0.264. The first-order chi connectivity index (χ1) is 7.74. The van der Waals surface area contributed by atoms with Crippen molar-refractivity contribution in [3.05, 3.63) is 41.5 Å². The molecule has 0 aromatic heterocycles. The minimum atomic E-state index is 0.690. The highest BCUT2D eigenvalue weighted by atomic mass is 15.2. The van der Waals surface area contributed by atoms with E-state index < -0.39 is 0 Å². The van der Waals surface area contributed by atoms with Crippen LogP contribution in [0.15, 0.2) is 30.3 Å². The fourth-order valence-electron chi connectivity index (χ4n) is 3.02. The average Bonchev–Trinajstić information content (AvgIpc) is 2.54. The fraction of sp³-hybridized carbons (Fsp3) is 0.467. The van der Waals surface area contributed by atoms with Gasteiger partial charge in [0, 0.05) is 12.1 Å². The van der Waals surface area contributed by atoms with Crippen LogP contribution < -0.4 is 0 Å². The number of hydrogen-bond donors (Lipinski definition) is 0. The van der Waals surface area contributed by atoms with E-state index in [1.54, 1.807) is 5.57 Å². The van der Waals surface area contributed by atoms with Gasteiger partial charge in [-0.15, -0.1) is 0 Å². The van der Waals surface area contributed by atoms with Crippen molar-refractivity contribution in [2.75, 3.05) is 7.05 Å². The summed E-state index contributed by atoms with van der Waals surface area (Å²) in [4.78, 5) is 2.54. The van der Waals surface area contributed by atoms with Crippen molar-refractivity contribution < 1.29 is 0 Å². The van der Waals surface area contributed by atoms with E-state index in [9.17, 15) is 0 Å². The number of hydrogen-bond acceptors (Lipinski definition) is 1. The number of aryl methyl sites for hydroxylation is 1. The summed E-state index contributed by atoms with van der Waals surface area (Å²) < 4.78 is 0. The average molecular weight is 213 g/mol. The predicted molar refractivity (Wildman–Crippen MR) is 68.3 cm³/mol. The molecule has 2 heterocycles. The van der Waals surface area contributed by atoms with E-state index in [0.717, 1.165) is 6.04 Å². The van der Waals surface area contributed by atoms with Gasteiger partial charge < -0.3 is 0 Å². The first-order valence-corrected chi connectivity index (χ1v) is 6.24. The van der Waals surface area contributed by atoms with Crippen molar-refractivity contribution in [1.29, 1.82) is 0 Å². The van der Waals surface area contributed by atoms with Gasteiger partial charge in [0.25, 0.3) is 0 Å². The Balaban J connectivity index is 1.92. The van der Waals surface area contributed by atoms with E-state index in [0.29, 0.717) is 6.04 Å². The zero-order valence-electron chi connectivity index (χ0n) is 10.1. The maximum atomic E-state index is 2.54. The van der Waals surface area contributed by atoms with Crippen LogP contribution in [0.25, 0.3) is 5.57 Å². The summed E-state index contributed by atoms with van der Waals surface area (Å²) in [7, 11) is 2.27. The molecule has 0 radical (unpaired) electrons. The molecule has 0 amide bonds. The van der Waals surface area contributed by atoms with Crippen molar-refractivity contribution in [1.82, 2.24) is 4.90 Å². The SMILES string of the molecule is Cc1ccc(C2=C[C@H]3CC[C@H](C2)N3C)cc1. The highest BCUT2D eigenvalue weighted by Gasteiger charge is 2.33. The topological polar surface area (TPSA) is 3.24 Å². The second kappa shape index (κ2) is 3.74. The van der Waals surface area contributed by atoms with Gasteiger partial charge in [0.2, 0.25) is 0 Å². The molecule has 2 aliphatic rings. The zero-order chi connectivity index (χ0) is 11.1. The van der Waals surface area contributed by atoms with E-state index in [2.05, 4.69) is 49.2 Å². The summed E-state index contributed by atoms with van der Waals surface area (Å²) in [5, 5.41) is 0. The molecule has 3 rings (SSSR count). The largest absolute Gasteiger partial charge is 0.297 e. The van der Waals surface area contributed by atoms with E-state index in [1.807, 2.05) is 0 Å². The smallest absolute Gasteiger partial charge is 0.0284 e. The molecule has 2 aliphatic heterocycles. The number of fused-ring (bicyclic) bond motifs is 2. The molecule has 1 saturated heterocycles. The molecule has 84 valence electrons. The lowest BCUT2D eigenvalue weighted by Gasteiger charge is -2.30. The van der Waals surface area contributed by atoms with E-state index in [-0.39, 0.29) is 0 Å². The monoisotopic (exact) mass is 213 g/mol. The van der Waals surface area contributed by atoms with Gasteiger partial charge in [-0.05, 0) is 44.4 Å². The van der Waals surface area contributed by atoms with Gasteiger partial charge in [0.15, 0.2) is 0 Å². The van der Waals surface area contributed by atoms with Crippen molar-refractivity contribution in [2.45, 2.75) is 38.3 Å². The Labute approximate surface area is 97.8 Å². The normalized spacial score (nSPS) is 29.2. The van der Waals surface area contributed by atoms with Gasteiger partial charge in [0.1, 0.15) is 0 Å². The number of nitrogens with zero attached hydrogens (tertiary/aromatic N) is 1. The van der Waals surface area contributed by atoms with Crippen LogP contribution in [0.4, 0.5) is 0 Å². The Morgan fingerprint density at radius 1 is 1.12 bits per heavy atom. The molecular formula is C15H19N. The van der Waals surface area contributed by atoms with Crippen molar-refractivity contribution >= 4 is 5.57 Å². The van der Waals surface area contributed by atoms with Gasteiger partial charge in [-0.1, -0.05) is 35.9 Å². The van der Waals surface area contributed by atoms with Gasteiger partial charge in [-0.3, -0.25) is 4.90 Å². The van der Waals surface area contributed by atoms with E-state index in [4.69, 9.17) is 0 Å². The first kappa shape index (κ1) is 10.1. The van der Waals surface area contributed by atoms with Crippen LogP contribution in [0.2, 0.25) is 0 Å². The Kier molecular flexibility index (Phi) is 2.36. The zero-order valence-corrected chi connectivity index (χ0v) is 10.1. The predicted octanol–water partition coefficient (Wildman–Crippen LogP) is 3.24. The Hall–Kier alpha value is -1.08. The van der Waals surface area contributed by atoms with E-state index >= 15 is 0 Å². The summed E-state index contributed by atoms with van der Waals surface area (Å²) in [5.74, 6) is 0. The van der Waals surface area contributed by atoms with Crippen LogP contribution in [0.1, 0.15) is 30.4 Å². The highest BCUT2D eigenvalue weighted by Crippen LogP contribution is 2.37. The number of likely N-dealkylation sites (N-methyl/N-ethyl adjacent to an activating group) is 1. The molecule has 1 aromatic carbocycles. The molecule has 1 heteroatoms. The molecular weight excluding hydrogens is 194 g/mol. The molecule has 1 aromatic rings. The lowest BCUT2D eigenvalue weighted by Crippen LogP contribution is -2.34. The van der Waals surface area contributed by atoms with Crippen LogP contribution in [0.3, 0.4) is 0 Å². The minimum Gasteiger partial charge on any atom is -0.297 e. The third-order valence-electron chi connectivity index (χ3n) is 4.17. The molecule has 1 fully saturated rings. The van der Waals surface area contributed by atoms with Crippen molar-refractivity contribution in [3.8, 4) is 0 Å². The Bertz CT molecular complexity index is 416. The lowest BCUT2D eigenvalue weighted by atomic mass is 9.94. The second-order valence-corrected chi connectivity index (χ2v) is 5.23. The first-order valence-electron chi connectivity index (χ1n) is 6.24. The minimum absolute atomic E-state index is 0.690. The van der Waals surface area contributed by atoms with Crippen molar-refractivity contribution in [2.24, 2.45) is 0 Å². The third-order valence-corrected chi connectivity index (χ3v) is 4.17. The molecule has 16 heavy (non-hydrogen) atoms. The summed E-state index contributed by atoms with van der Waals surface area (Å²) in [6, 6.07) is 10.5. The van der Waals surface area contributed by atoms with Gasteiger partial charge in [0.05, 0.1) is 0 Å². The summed E-state index contributed by atoms with van der Waals surface area (Å²) >= 11 is 0. The van der Waals surface area contributed by atoms with Gasteiger partial charge in [-0.2, -0.15) is 0 Å². The van der Waals surface area contributed by atoms with Crippen LogP contribution in [-0.4, -0.2) is 24.0 Å². The number of benzene rings is 1. The maximum absolute atomic E-state index is 2.54. The Morgan fingerprint density at radius 2 is 1.88 bits per heavy atom. The summed E-state index contributed by atoms with van der Waals surface area (Å²) in [6.07, 6.45) is 6.42. The quantitative estimate of drug-likeness (QED) is 0.692. The Morgan fingerprint density at radius 3 is 2.56 bits per heavy atom. The van der Waals surface area contributed by atoms with Gasteiger partial charge in [-0.25, -0.2) is 0 Å². The van der Waals surface area contributed by atoms with Crippen LogP contribution in [-0.2, 0) is 0 Å². The maximum Gasteiger partial charge on any atom is 0.0284 e. The van der Waals surface area contributed by atoms with Gasteiger partial charge >= 0.3 is 0 Å². The molecule has 0 aliphatic carbocycles. The second-order valence-electron chi connectivity index (χ2n) is 5.23. The summed E-state index contributed by atoms with van der Waals surface area (Å²) in [5.41, 5.74) is 4.33. The third kappa shape index (κ3) is 1.60. The molecule has 0 spiro atoms. The van der Waals surface area contributed by atoms with Crippen molar-refractivity contribution in [3.63, 3.8) is 0 Å². The van der Waals surface area contributed by atoms with E-state index in [1.165, 1.54) is 30.4 Å². The molecule has 2 atom stereocenters. The molecule has 0 N–H and O–H groups in total. The molecule has 0 saturated carbocycles. The molecule has 2 bridgehead atoms. The molecule has 0 unspecified atom stereocenters. The van der Waals surface area contributed by atoms with Crippen LogP contribution >= 0.6 is 0 Å². The van der Waals surface area contributed by atoms with Crippen LogP contribution in [0.5, 0.6) is 0 Å². The molecule has 1 nitrogen and oxygen atoms in total. The summed E-state index contributed by atoms with van der Waals surface area (Å²) in [6.45, 7) is 2.15. The standard InChI is InChI=1S/C15H19N/c1-11-3-5-12(6-4-11)13-9-14-7-8-15(10-13)16(14)2/h3-6,9,14-15H,7-8,10H2,1-2H3/t14-,15-/m1/s1.